The molecule has 0 fully saturated rings. The van der Waals surface area contributed by atoms with Gasteiger partial charge in [0.15, 0.2) is 0 Å². The minimum absolute atomic E-state index is 0.0830. The second kappa shape index (κ2) is 5.93. The predicted molar refractivity (Wildman–Crippen MR) is 72.0 cm³/mol. The molecule has 0 saturated carbocycles. The highest BCUT2D eigenvalue weighted by Gasteiger charge is 2.33. The summed E-state index contributed by atoms with van der Waals surface area (Å²) in [7, 11) is 1.52. The van der Waals surface area contributed by atoms with Gasteiger partial charge in [-0.3, -0.25) is 4.79 Å². The van der Waals surface area contributed by atoms with Crippen molar-refractivity contribution >= 4 is 34.4 Å². The summed E-state index contributed by atoms with van der Waals surface area (Å²) in [6.45, 7) is 1.57. The summed E-state index contributed by atoms with van der Waals surface area (Å²) in [6, 6.07) is 2.22. The summed E-state index contributed by atoms with van der Waals surface area (Å²) in [6.07, 6.45) is -4.52. The van der Waals surface area contributed by atoms with Gasteiger partial charge in [-0.25, -0.2) is 4.98 Å². The van der Waals surface area contributed by atoms with Gasteiger partial charge in [0.25, 0.3) is 0 Å². The summed E-state index contributed by atoms with van der Waals surface area (Å²) in [5.74, 6) is -1.57. The number of aliphatic carboxylic acids is 1. The quantitative estimate of drug-likeness (QED) is 0.807. The molecule has 0 radical (unpaired) electrons. The molecular formula is C11H12F3IN2O2. The zero-order valence-corrected chi connectivity index (χ0v) is 12.4. The van der Waals surface area contributed by atoms with Gasteiger partial charge < -0.3 is 10.0 Å². The van der Waals surface area contributed by atoms with Gasteiger partial charge in [-0.15, -0.1) is 0 Å². The van der Waals surface area contributed by atoms with Crippen LogP contribution < -0.4 is 4.90 Å². The van der Waals surface area contributed by atoms with E-state index in [1.807, 2.05) is 22.6 Å². The fourth-order valence-corrected chi connectivity index (χ4v) is 2.14. The summed E-state index contributed by atoms with van der Waals surface area (Å²) >= 11 is 1.87. The number of anilines is 1. The molecule has 1 N–H and O–H groups in total. The molecule has 0 aromatic carbocycles. The second-order valence-corrected chi connectivity index (χ2v) is 5.28. The van der Waals surface area contributed by atoms with Gasteiger partial charge in [-0.05, 0) is 34.7 Å². The van der Waals surface area contributed by atoms with Crippen LogP contribution in [-0.2, 0) is 11.0 Å². The molecule has 0 aliphatic carbocycles. The molecule has 106 valence electrons. The van der Waals surface area contributed by atoms with E-state index in [1.165, 1.54) is 24.9 Å². The monoisotopic (exact) mass is 388 g/mol. The van der Waals surface area contributed by atoms with Crippen molar-refractivity contribution in [2.75, 3.05) is 18.5 Å². The molecule has 1 heterocycles. The Morgan fingerprint density at radius 2 is 2.11 bits per heavy atom. The van der Waals surface area contributed by atoms with E-state index in [-0.39, 0.29) is 12.4 Å². The maximum atomic E-state index is 12.6. The average molecular weight is 388 g/mol. The molecule has 4 nitrogen and oxygen atoms in total. The fraction of sp³-hybridized carbons (Fsp3) is 0.455. The molecule has 8 heteroatoms. The van der Waals surface area contributed by atoms with Gasteiger partial charge in [-0.2, -0.15) is 13.2 Å². The third-order valence-corrected chi connectivity index (χ3v) is 3.29. The van der Waals surface area contributed by atoms with E-state index in [0.717, 1.165) is 6.07 Å². The van der Waals surface area contributed by atoms with E-state index in [0.29, 0.717) is 3.57 Å². The first-order valence-corrected chi connectivity index (χ1v) is 6.38. The number of hydrogen-bond donors (Lipinski definition) is 1. The lowest BCUT2D eigenvalue weighted by atomic mass is 10.2. The minimum Gasteiger partial charge on any atom is -0.481 e. The molecule has 1 aromatic heterocycles. The molecule has 1 rings (SSSR count). The Labute approximate surface area is 121 Å². The fourth-order valence-electron chi connectivity index (χ4n) is 1.43. The van der Waals surface area contributed by atoms with E-state index in [2.05, 4.69) is 4.98 Å². The zero-order valence-electron chi connectivity index (χ0n) is 10.2. The topological polar surface area (TPSA) is 53.4 Å². The molecule has 0 aliphatic heterocycles. The first-order valence-electron chi connectivity index (χ1n) is 5.30. The van der Waals surface area contributed by atoms with Gasteiger partial charge >= 0.3 is 12.1 Å². The van der Waals surface area contributed by atoms with E-state index >= 15 is 0 Å². The second-order valence-electron chi connectivity index (χ2n) is 4.12. The summed E-state index contributed by atoms with van der Waals surface area (Å²) in [5.41, 5.74) is -0.988. The number of alkyl halides is 3. The van der Waals surface area contributed by atoms with Crippen LogP contribution in [0.15, 0.2) is 12.1 Å². The normalized spacial score (nSPS) is 13.2. The highest BCUT2D eigenvalue weighted by atomic mass is 127. The molecule has 0 saturated heterocycles. The summed E-state index contributed by atoms with van der Waals surface area (Å²) < 4.78 is 38.3. The van der Waals surface area contributed by atoms with Gasteiger partial charge in [0, 0.05) is 13.6 Å². The van der Waals surface area contributed by atoms with Gasteiger partial charge in [0.2, 0.25) is 0 Å². The minimum atomic E-state index is -4.52. The van der Waals surface area contributed by atoms with Crippen LogP contribution in [0, 0.1) is 9.49 Å². The Morgan fingerprint density at radius 1 is 1.53 bits per heavy atom. The van der Waals surface area contributed by atoms with E-state index in [1.54, 1.807) is 0 Å². The first-order chi connectivity index (χ1) is 8.62. The smallest absolute Gasteiger partial charge is 0.433 e. The van der Waals surface area contributed by atoms with Crippen molar-refractivity contribution in [3.63, 3.8) is 0 Å². The Morgan fingerprint density at radius 3 is 2.58 bits per heavy atom. The molecule has 0 spiro atoms. The highest BCUT2D eigenvalue weighted by molar-refractivity contribution is 14.1. The van der Waals surface area contributed by atoms with E-state index < -0.39 is 23.8 Å². The van der Waals surface area contributed by atoms with Crippen LogP contribution >= 0.6 is 22.6 Å². The number of rotatable bonds is 4. The standard InChI is InChI=1S/C11H12F3IN2O2/c1-6(10(18)19)5-17(2)9-7(15)3-4-8(16-9)11(12,13)14/h3-4,6H,5H2,1-2H3,(H,18,19). The number of carboxylic acids is 1. The third kappa shape index (κ3) is 4.22. The maximum absolute atomic E-state index is 12.6. The van der Waals surface area contributed by atoms with Gasteiger partial charge in [-0.1, -0.05) is 6.92 Å². The number of nitrogens with zero attached hydrogens (tertiary/aromatic N) is 2. The highest BCUT2D eigenvalue weighted by Crippen LogP contribution is 2.30. The van der Waals surface area contributed by atoms with E-state index in [9.17, 15) is 18.0 Å². The number of hydrogen-bond acceptors (Lipinski definition) is 3. The van der Waals surface area contributed by atoms with Gasteiger partial charge in [0.1, 0.15) is 11.5 Å². The first kappa shape index (κ1) is 16.0. The van der Waals surface area contributed by atoms with Crippen molar-refractivity contribution in [3.8, 4) is 0 Å². The van der Waals surface area contributed by atoms with Crippen LogP contribution in [0.5, 0.6) is 0 Å². The molecular weight excluding hydrogens is 376 g/mol. The average Bonchev–Trinajstić information content (AvgIpc) is 2.27. The molecule has 1 unspecified atom stereocenters. The predicted octanol–water partition coefficient (Wildman–Crippen LogP) is 2.86. The van der Waals surface area contributed by atoms with Crippen molar-refractivity contribution < 1.29 is 23.1 Å². The molecule has 0 aliphatic rings. The van der Waals surface area contributed by atoms with Crippen molar-refractivity contribution in [1.29, 1.82) is 0 Å². The number of pyridine rings is 1. The molecule has 0 bridgehead atoms. The van der Waals surface area contributed by atoms with Crippen molar-refractivity contribution in [2.24, 2.45) is 5.92 Å². The lowest BCUT2D eigenvalue weighted by molar-refractivity contribution is -0.142. The van der Waals surface area contributed by atoms with Crippen LogP contribution in [-0.4, -0.2) is 29.7 Å². The van der Waals surface area contributed by atoms with Crippen LogP contribution in [0.3, 0.4) is 0 Å². The zero-order chi connectivity index (χ0) is 14.8. The molecule has 1 aromatic rings. The Bertz CT molecular complexity index is 479. The number of carboxylic acid groups (broad SMARTS) is 1. The SMILES string of the molecule is CC(CN(C)c1nc(C(F)(F)F)ccc1I)C(=O)O. The number of halogens is 4. The maximum Gasteiger partial charge on any atom is 0.433 e. The summed E-state index contributed by atoms with van der Waals surface area (Å²) in [4.78, 5) is 15.7. The van der Waals surface area contributed by atoms with Crippen LogP contribution in [0.2, 0.25) is 0 Å². The third-order valence-electron chi connectivity index (χ3n) is 2.45. The molecule has 0 amide bonds. The summed E-state index contributed by atoms with van der Waals surface area (Å²) in [5, 5.41) is 8.80. The lowest BCUT2D eigenvalue weighted by Gasteiger charge is -2.22. The Kier molecular flexibility index (Phi) is 4.99. The molecule has 1 atom stereocenters. The van der Waals surface area contributed by atoms with Crippen LogP contribution in [0.1, 0.15) is 12.6 Å². The van der Waals surface area contributed by atoms with Gasteiger partial charge in [0.05, 0.1) is 9.49 Å². The van der Waals surface area contributed by atoms with Crippen LogP contribution in [0.4, 0.5) is 19.0 Å². The van der Waals surface area contributed by atoms with Crippen molar-refractivity contribution in [3.05, 3.63) is 21.4 Å². The van der Waals surface area contributed by atoms with E-state index in [4.69, 9.17) is 5.11 Å². The number of aromatic nitrogens is 1. The largest absolute Gasteiger partial charge is 0.481 e. The molecule has 19 heavy (non-hydrogen) atoms. The van der Waals surface area contributed by atoms with Crippen molar-refractivity contribution in [2.45, 2.75) is 13.1 Å². The lowest BCUT2D eigenvalue weighted by Crippen LogP contribution is -2.30. The number of carbonyl (C=O) groups is 1. The van der Waals surface area contributed by atoms with Crippen LogP contribution in [0.25, 0.3) is 0 Å². The van der Waals surface area contributed by atoms with Crippen molar-refractivity contribution in [1.82, 2.24) is 4.98 Å². The Hall–Kier alpha value is -1.06. The Balaban J connectivity index is 3.02.